The average Bonchev–Trinajstić information content (AvgIpc) is 2.88. The Morgan fingerprint density at radius 2 is 1.78 bits per heavy atom. The zero-order chi connectivity index (χ0) is 20.4. The van der Waals surface area contributed by atoms with Crippen molar-refractivity contribution in [2.75, 3.05) is 13.6 Å². The summed E-state index contributed by atoms with van der Waals surface area (Å²) >= 11 is 0. The first-order valence-electron chi connectivity index (χ1n) is 9.97. The lowest BCUT2D eigenvalue weighted by Gasteiger charge is -2.35. The summed E-state index contributed by atoms with van der Waals surface area (Å²) in [4.78, 5) is 13.2. The summed E-state index contributed by atoms with van der Waals surface area (Å²) in [7, 11) is 3.98. The van der Waals surface area contributed by atoms with Crippen LogP contribution in [-0.2, 0) is 17.3 Å². The molecule has 0 spiro atoms. The Balaban J connectivity index is 2.34. The summed E-state index contributed by atoms with van der Waals surface area (Å²) in [5.74, 6) is -0.0326. The lowest BCUT2D eigenvalue weighted by molar-refractivity contribution is -0.127. The first kappa shape index (κ1) is 21.5. The van der Waals surface area contributed by atoms with Crippen LogP contribution in [-0.4, -0.2) is 30.1 Å². The molecule has 0 fully saturated rings. The number of amides is 1. The van der Waals surface area contributed by atoms with Gasteiger partial charge in [-0.2, -0.15) is 0 Å². The molecule has 4 nitrogen and oxygen atoms in total. The van der Waals surface area contributed by atoms with E-state index in [4.69, 9.17) is 0 Å². The van der Waals surface area contributed by atoms with Crippen LogP contribution in [0.25, 0.3) is 10.9 Å². The van der Waals surface area contributed by atoms with Gasteiger partial charge in [0, 0.05) is 42.1 Å². The standard InChI is InChI=1S/C23H37N3O/c1-16(13-22(2,3)4)25-21(27)18(14-24-7)23(5,6)19-15-26(8)20-12-10-9-11-17(19)20/h9-12,15-16,18,24H,13-14H2,1-8H3,(H,25,27). The predicted molar refractivity (Wildman–Crippen MR) is 115 cm³/mol. The summed E-state index contributed by atoms with van der Waals surface area (Å²) in [5, 5.41) is 7.72. The van der Waals surface area contributed by atoms with Crippen LogP contribution in [0.5, 0.6) is 0 Å². The summed E-state index contributed by atoms with van der Waals surface area (Å²) in [6, 6.07) is 8.57. The van der Waals surface area contributed by atoms with E-state index in [0.29, 0.717) is 6.54 Å². The highest BCUT2D eigenvalue weighted by atomic mass is 16.2. The number of carbonyl (C=O) groups is 1. The molecular formula is C23H37N3O. The molecule has 0 bridgehead atoms. The minimum atomic E-state index is -0.296. The van der Waals surface area contributed by atoms with Gasteiger partial charge in [-0.1, -0.05) is 52.8 Å². The van der Waals surface area contributed by atoms with E-state index >= 15 is 0 Å². The number of para-hydroxylation sites is 1. The fraction of sp³-hybridized carbons (Fsp3) is 0.609. The first-order chi connectivity index (χ1) is 12.5. The monoisotopic (exact) mass is 371 g/mol. The quantitative estimate of drug-likeness (QED) is 0.765. The van der Waals surface area contributed by atoms with Crippen molar-refractivity contribution < 1.29 is 4.79 Å². The molecule has 150 valence electrons. The number of fused-ring (bicyclic) bond motifs is 1. The molecule has 2 aromatic rings. The van der Waals surface area contributed by atoms with Crippen molar-refractivity contribution in [3.63, 3.8) is 0 Å². The van der Waals surface area contributed by atoms with Crippen LogP contribution in [0, 0.1) is 11.3 Å². The molecule has 2 unspecified atom stereocenters. The van der Waals surface area contributed by atoms with Gasteiger partial charge in [0.05, 0.1) is 5.92 Å². The molecule has 2 atom stereocenters. The number of aromatic nitrogens is 1. The van der Waals surface area contributed by atoms with Gasteiger partial charge in [0.25, 0.3) is 0 Å². The van der Waals surface area contributed by atoms with Crippen molar-refractivity contribution in [2.45, 2.75) is 59.4 Å². The van der Waals surface area contributed by atoms with Crippen LogP contribution < -0.4 is 10.6 Å². The van der Waals surface area contributed by atoms with Crippen LogP contribution in [0.2, 0.25) is 0 Å². The van der Waals surface area contributed by atoms with Crippen LogP contribution in [0.3, 0.4) is 0 Å². The molecule has 0 aliphatic carbocycles. The number of hydrogen-bond acceptors (Lipinski definition) is 2. The highest BCUT2D eigenvalue weighted by molar-refractivity contribution is 5.87. The van der Waals surface area contributed by atoms with Crippen molar-refractivity contribution in [2.24, 2.45) is 18.4 Å². The smallest absolute Gasteiger partial charge is 0.225 e. The van der Waals surface area contributed by atoms with Crippen molar-refractivity contribution in [1.82, 2.24) is 15.2 Å². The topological polar surface area (TPSA) is 46.1 Å². The molecule has 1 aromatic heterocycles. The summed E-state index contributed by atoms with van der Waals surface area (Å²) < 4.78 is 2.16. The Labute approximate surface area is 164 Å². The van der Waals surface area contributed by atoms with E-state index in [2.05, 4.69) is 94.3 Å². The molecule has 1 amide bonds. The van der Waals surface area contributed by atoms with Gasteiger partial charge in [-0.25, -0.2) is 0 Å². The Morgan fingerprint density at radius 3 is 2.37 bits per heavy atom. The molecule has 27 heavy (non-hydrogen) atoms. The van der Waals surface area contributed by atoms with Crippen LogP contribution >= 0.6 is 0 Å². The summed E-state index contributed by atoms with van der Waals surface area (Å²) in [5.41, 5.74) is 2.32. The van der Waals surface area contributed by atoms with Crippen molar-refractivity contribution in [1.29, 1.82) is 0 Å². The minimum absolute atomic E-state index is 0.124. The van der Waals surface area contributed by atoms with Gasteiger partial charge in [0.1, 0.15) is 0 Å². The highest BCUT2D eigenvalue weighted by Crippen LogP contribution is 2.37. The Morgan fingerprint density at radius 1 is 1.15 bits per heavy atom. The third kappa shape index (κ3) is 4.92. The van der Waals surface area contributed by atoms with E-state index in [1.165, 1.54) is 16.5 Å². The zero-order valence-electron chi connectivity index (χ0n) is 18.3. The third-order valence-electron chi connectivity index (χ3n) is 5.49. The second kappa shape index (κ2) is 8.05. The largest absolute Gasteiger partial charge is 0.353 e. The third-order valence-corrected chi connectivity index (χ3v) is 5.49. The number of benzene rings is 1. The lowest BCUT2D eigenvalue weighted by atomic mass is 9.72. The van der Waals surface area contributed by atoms with Gasteiger partial charge >= 0.3 is 0 Å². The van der Waals surface area contributed by atoms with Gasteiger partial charge in [0.2, 0.25) is 5.91 Å². The van der Waals surface area contributed by atoms with Crippen molar-refractivity contribution >= 4 is 16.8 Å². The molecule has 0 aliphatic rings. The van der Waals surface area contributed by atoms with Crippen molar-refractivity contribution in [3.8, 4) is 0 Å². The van der Waals surface area contributed by atoms with Gasteiger partial charge in [-0.15, -0.1) is 0 Å². The van der Waals surface area contributed by atoms with E-state index in [0.717, 1.165) is 6.42 Å². The molecule has 0 aliphatic heterocycles. The maximum atomic E-state index is 13.2. The fourth-order valence-electron chi connectivity index (χ4n) is 4.24. The van der Waals surface area contributed by atoms with Crippen LogP contribution in [0.4, 0.5) is 0 Å². The molecule has 1 heterocycles. The number of aryl methyl sites for hydroxylation is 1. The van der Waals surface area contributed by atoms with Gasteiger partial charge < -0.3 is 15.2 Å². The minimum Gasteiger partial charge on any atom is -0.353 e. The Kier molecular flexibility index (Phi) is 6.41. The first-order valence-corrected chi connectivity index (χ1v) is 9.97. The van der Waals surface area contributed by atoms with Crippen LogP contribution in [0.15, 0.2) is 30.5 Å². The maximum absolute atomic E-state index is 13.2. The molecule has 1 aromatic carbocycles. The normalized spacial score (nSPS) is 15.0. The zero-order valence-corrected chi connectivity index (χ0v) is 18.3. The predicted octanol–water partition coefficient (Wildman–Crippen LogP) is 4.23. The molecule has 2 rings (SSSR count). The van der Waals surface area contributed by atoms with E-state index in [-0.39, 0.29) is 28.7 Å². The second-order valence-corrected chi connectivity index (χ2v) is 9.68. The maximum Gasteiger partial charge on any atom is 0.225 e. The van der Waals surface area contributed by atoms with E-state index in [1.807, 2.05) is 7.05 Å². The molecular weight excluding hydrogens is 334 g/mol. The number of rotatable bonds is 7. The summed E-state index contributed by atoms with van der Waals surface area (Å²) in [6.07, 6.45) is 3.14. The fourth-order valence-corrected chi connectivity index (χ4v) is 4.24. The number of carbonyl (C=O) groups excluding carboxylic acids is 1. The van der Waals surface area contributed by atoms with Crippen molar-refractivity contribution in [3.05, 3.63) is 36.0 Å². The number of nitrogens with one attached hydrogen (secondary N) is 2. The molecule has 0 saturated carbocycles. The van der Waals surface area contributed by atoms with E-state index in [1.54, 1.807) is 0 Å². The molecule has 0 radical (unpaired) electrons. The van der Waals surface area contributed by atoms with Gasteiger partial charge in [0.15, 0.2) is 0 Å². The molecule has 0 saturated heterocycles. The highest BCUT2D eigenvalue weighted by Gasteiger charge is 2.38. The molecule has 2 N–H and O–H groups in total. The Hall–Kier alpha value is -1.81. The summed E-state index contributed by atoms with van der Waals surface area (Å²) in [6.45, 7) is 13.7. The van der Waals surface area contributed by atoms with E-state index in [9.17, 15) is 4.79 Å². The number of nitrogens with zero attached hydrogens (tertiary/aromatic N) is 1. The second-order valence-electron chi connectivity index (χ2n) is 9.68. The SMILES string of the molecule is CNCC(C(=O)NC(C)CC(C)(C)C)C(C)(C)c1cn(C)c2ccccc12. The number of hydrogen-bond donors (Lipinski definition) is 2. The van der Waals surface area contributed by atoms with Crippen LogP contribution in [0.1, 0.15) is 53.5 Å². The van der Waals surface area contributed by atoms with Gasteiger partial charge in [-0.05, 0) is 37.4 Å². The Bertz CT molecular complexity index is 783. The van der Waals surface area contributed by atoms with Gasteiger partial charge in [-0.3, -0.25) is 4.79 Å². The van der Waals surface area contributed by atoms with E-state index < -0.39 is 0 Å². The average molecular weight is 372 g/mol. The molecule has 4 heteroatoms. The lowest BCUT2D eigenvalue weighted by Crippen LogP contribution is -2.49.